The van der Waals surface area contributed by atoms with Crippen LogP contribution in [0.3, 0.4) is 0 Å². The number of alkyl halides is 1. The zero-order valence-electron chi connectivity index (χ0n) is 17.7. The second-order valence-electron chi connectivity index (χ2n) is 7.87. The second-order valence-corrected chi connectivity index (χ2v) is 7.87. The Morgan fingerprint density at radius 2 is 2.12 bits per heavy atom. The Balaban J connectivity index is 1.30. The van der Waals surface area contributed by atoms with Crippen molar-refractivity contribution in [1.29, 1.82) is 0 Å². The minimum Gasteiger partial charge on any atom is -0.492 e. The van der Waals surface area contributed by atoms with E-state index in [1.165, 1.54) is 0 Å². The number of morpholine rings is 1. The number of halogens is 1. The molecule has 0 N–H and O–H groups in total. The molecule has 0 amide bonds. The molecule has 1 saturated heterocycles. The van der Waals surface area contributed by atoms with Gasteiger partial charge in [0.15, 0.2) is 5.65 Å². The van der Waals surface area contributed by atoms with Crippen LogP contribution in [0.25, 0.3) is 22.6 Å². The van der Waals surface area contributed by atoms with E-state index < -0.39 is 6.17 Å². The first-order valence-electron chi connectivity index (χ1n) is 10.9. The van der Waals surface area contributed by atoms with Gasteiger partial charge in [0, 0.05) is 31.6 Å². The number of rotatable bonds is 7. The molecule has 8 nitrogen and oxygen atoms in total. The third-order valence-electron chi connectivity index (χ3n) is 5.59. The van der Waals surface area contributed by atoms with Crippen LogP contribution < -0.4 is 4.74 Å². The number of nitrogens with zero attached hydrogens (tertiary/aromatic N) is 6. The third-order valence-corrected chi connectivity index (χ3v) is 5.59. The largest absolute Gasteiger partial charge is 0.492 e. The van der Waals surface area contributed by atoms with Gasteiger partial charge < -0.3 is 9.47 Å². The van der Waals surface area contributed by atoms with E-state index in [0.717, 1.165) is 55.4 Å². The molecule has 1 unspecified atom stereocenters. The first-order chi connectivity index (χ1) is 15.7. The van der Waals surface area contributed by atoms with Gasteiger partial charge in [-0.2, -0.15) is 0 Å². The molecule has 5 rings (SSSR count). The molecule has 3 aromatic rings. The summed E-state index contributed by atoms with van der Waals surface area (Å²) in [5, 5.41) is 8.29. The fourth-order valence-corrected chi connectivity index (χ4v) is 3.79. The lowest BCUT2D eigenvalue weighted by atomic mass is 10.1. The van der Waals surface area contributed by atoms with Crippen LogP contribution in [0.1, 0.15) is 6.42 Å². The van der Waals surface area contributed by atoms with E-state index in [9.17, 15) is 4.39 Å². The van der Waals surface area contributed by atoms with E-state index in [-0.39, 0.29) is 0 Å². The highest BCUT2D eigenvalue weighted by Crippen LogP contribution is 2.24. The van der Waals surface area contributed by atoms with Crippen molar-refractivity contribution < 1.29 is 13.9 Å². The van der Waals surface area contributed by atoms with Crippen molar-refractivity contribution in [3.63, 3.8) is 0 Å². The molecule has 1 fully saturated rings. The summed E-state index contributed by atoms with van der Waals surface area (Å²) in [5.41, 5.74) is 3.69. The molecule has 0 saturated carbocycles. The highest BCUT2D eigenvalue weighted by atomic mass is 19.1. The quantitative estimate of drug-likeness (QED) is 0.564. The number of fused-ring (bicyclic) bond motifs is 1. The van der Waals surface area contributed by atoms with Gasteiger partial charge in [0.1, 0.15) is 18.5 Å². The average molecular weight is 436 g/mol. The van der Waals surface area contributed by atoms with E-state index in [1.54, 1.807) is 23.0 Å². The highest BCUT2D eigenvalue weighted by Gasteiger charge is 2.14. The van der Waals surface area contributed by atoms with Crippen molar-refractivity contribution in [2.45, 2.75) is 19.1 Å². The van der Waals surface area contributed by atoms with Crippen LogP contribution in [0.2, 0.25) is 0 Å². The molecule has 166 valence electrons. The van der Waals surface area contributed by atoms with E-state index in [2.05, 4.69) is 20.2 Å². The van der Waals surface area contributed by atoms with Crippen LogP contribution in [0, 0.1) is 0 Å². The lowest BCUT2D eigenvalue weighted by Gasteiger charge is -2.26. The summed E-state index contributed by atoms with van der Waals surface area (Å²) in [6.45, 7) is 5.43. The van der Waals surface area contributed by atoms with Gasteiger partial charge in [0.2, 0.25) is 5.65 Å². The Labute approximate surface area is 185 Å². The molecule has 1 atom stereocenters. The summed E-state index contributed by atoms with van der Waals surface area (Å²) in [7, 11) is 0. The molecular formula is C23H25FN6O2. The van der Waals surface area contributed by atoms with Crippen molar-refractivity contribution in [2.24, 2.45) is 0 Å². The fraction of sp³-hybridized carbons (Fsp3) is 0.391. The summed E-state index contributed by atoms with van der Waals surface area (Å²) in [4.78, 5) is 11.5. The van der Waals surface area contributed by atoms with E-state index >= 15 is 0 Å². The van der Waals surface area contributed by atoms with Crippen LogP contribution in [0.4, 0.5) is 4.39 Å². The Kier molecular flexibility index (Phi) is 6.17. The maximum atomic E-state index is 13.3. The molecule has 0 radical (unpaired) electrons. The Morgan fingerprint density at radius 3 is 2.97 bits per heavy atom. The molecule has 2 aliphatic rings. The van der Waals surface area contributed by atoms with Crippen molar-refractivity contribution in [1.82, 2.24) is 29.9 Å². The number of ether oxygens (including phenoxy) is 2. The van der Waals surface area contributed by atoms with Gasteiger partial charge >= 0.3 is 0 Å². The number of allylic oxidation sites excluding steroid dienone is 4. The van der Waals surface area contributed by atoms with E-state index in [1.807, 2.05) is 30.3 Å². The maximum Gasteiger partial charge on any atom is 0.221 e. The molecule has 1 aliphatic heterocycles. The Morgan fingerprint density at radius 1 is 1.22 bits per heavy atom. The number of aromatic nitrogens is 5. The minimum absolute atomic E-state index is 0.383. The van der Waals surface area contributed by atoms with Gasteiger partial charge in [0.25, 0.3) is 0 Å². The first-order valence-corrected chi connectivity index (χ1v) is 10.9. The van der Waals surface area contributed by atoms with E-state index in [0.29, 0.717) is 30.9 Å². The van der Waals surface area contributed by atoms with Gasteiger partial charge in [-0.3, -0.25) is 4.90 Å². The number of hydrogen-bond acceptors (Lipinski definition) is 7. The van der Waals surface area contributed by atoms with Crippen LogP contribution >= 0.6 is 0 Å². The summed E-state index contributed by atoms with van der Waals surface area (Å²) < 4.78 is 26.4. The maximum absolute atomic E-state index is 13.3. The third kappa shape index (κ3) is 4.84. The summed E-state index contributed by atoms with van der Waals surface area (Å²) in [6.07, 6.45) is 6.40. The molecule has 0 bridgehead atoms. The Bertz CT molecular complexity index is 1140. The molecule has 0 spiro atoms. The summed E-state index contributed by atoms with van der Waals surface area (Å²) in [5.74, 6) is 0.794. The summed E-state index contributed by atoms with van der Waals surface area (Å²) >= 11 is 0. The van der Waals surface area contributed by atoms with E-state index in [4.69, 9.17) is 14.5 Å². The molecular weight excluding hydrogens is 411 g/mol. The SMILES string of the molecule is FC1C=CC(Cn2nnc3ncc(-c4cccc(OCCN5CCOCC5)c4)nc32)=CC1. The van der Waals surface area contributed by atoms with Crippen molar-refractivity contribution >= 4 is 11.3 Å². The predicted molar refractivity (Wildman–Crippen MR) is 118 cm³/mol. The van der Waals surface area contributed by atoms with Crippen molar-refractivity contribution in [3.05, 3.63) is 54.3 Å². The number of benzene rings is 1. The first kappa shape index (κ1) is 20.7. The zero-order chi connectivity index (χ0) is 21.8. The predicted octanol–water partition coefficient (Wildman–Crippen LogP) is 2.82. The Hall–Kier alpha value is -3.17. The van der Waals surface area contributed by atoms with Gasteiger partial charge in [-0.1, -0.05) is 35.6 Å². The number of hydrogen-bond donors (Lipinski definition) is 0. The smallest absolute Gasteiger partial charge is 0.221 e. The fourth-order valence-electron chi connectivity index (χ4n) is 3.79. The highest BCUT2D eigenvalue weighted by molar-refractivity contribution is 5.70. The lowest BCUT2D eigenvalue weighted by Crippen LogP contribution is -2.38. The molecule has 2 aromatic heterocycles. The molecule has 1 aromatic carbocycles. The monoisotopic (exact) mass is 436 g/mol. The van der Waals surface area contributed by atoms with Crippen LogP contribution in [-0.4, -0.2) is 75.5 Å². The standard InChI is InChI=1S/C23H25FN6O2/c24-19-6-4-17(5-7-19)16-30-23-22(27-28-30)25-15-21(26-23)18-2-1-3-20(14-18)32-13-10-29-8-11-31-12-9-29/h1-6,14-15,19H,7-13,16H2. The normalized spacial score (nSPS) is 19.3. The van der Waals surface area contributed by atoms with Crippen molar-refractivity contribution in [2.75, 3.05) is 39.5 Å². The van der Waals surface area contributed by atoms with Crippen molar-refractivity contribution in [3.8, 4) is 17.0 Å². The van der Waals surface area contributed by atoms with Gasteiger partial charge in [-0.25, -0.2) is 19.0 Å². The second kappa shape index (κ2) is 9.54. The topological polar surface area (TPSA) is 78.2 Å². The average Bonchev–Trinajstić information content (AvgIpc) is 3.23. The van der Waals surface area contributed by atoms with Crippen LogP contribution in [0.15, 0.2) is 54.3 Å². The van der Waals surface area contributed by atoms with Gasteiger partial charge in [-0.15, -0.1) is 5.10 Å². The zero-order valence-corrected chi connectivity index (χ0v) is 17.7. The molecule has 32 heavy (non-hydrogen) atoms. The minimum atomic E-state index is -0.916. The summed E-state index contributed by atoms with van der Waals surface area (Å²) in [6, 6.07) is 7.84. The molecule has 1 aliphatic carbocycles. The van der Waals surface area contributed by atoms with Crippen LogP contribution in [0.5, 0.6) is 5.75 Å². The molecule has 9 heteroatoms. The molecule has 3 heterocycles. The van der Waals surface area contributed by atoms with Gasteiger partial charge in [-0.05, 0) is 17.7 Å². The van der Waals surface area contributed by atoms with Gasteiger partial charge in [0.05, 0.1) is 31.6 Å². The van der Waals surface area contributed by atoms with Crippen LogP contribution in [-0.2, 0) is 11.3 Å². The lowest BCUT2D eigenvalue weighted by molar-refractivity contribution is 0.0322.